The van der Waals surface area contributed by atoms with Crippen LogP contribution in [0.2, 0.25) is 0 Å². The second-order valence-corrected chi connectivity index (χ2v) is 38.5. The van der Waals surface area contributed by atoms with Crippen molar-refractivity contribution in [3.05, 3.63) is 12.2 Å². The van der Waals surface area contributed by atoms with Crippen molar-refractivity contribution < 1.29 is 198 Å². The van der Waals surface area contributed by atoms with Crippen molar-refractivity contribution >= 4 is 29.6 Å². The number of unbranched alkanes of at least 4 members (excludes halogenated alkanes) is 33. The highest BCUT2D eigenvalue weighted by molar-refractivity contribution is 5.77. The number of aliphatic carboxylic acids is 1. The summed E-state index contributed by atoms with van der Waals surface area (Å²) in [5, 5.41) is 249. The van der Waals surface area contributed by atoms with E-state index in [0.29, 0.717) is 12.8 Å². The molecule has 14 unspecified atom stereocenters. The number of amides is 4. The Labute approximate surface area is 815 Å². The molecule has 7 aliphatic heterocycles. The fourth-order valence-electron chi connectivity index (χ4n) is 18.9. The number of hydrogen-bond donors (Lipinski definition) is 25. The van der Waals surface area contributed by atoms with Crippen molar-refractivity contribution in [2.24, 2.45) is 0 Å². The van der Waals surface area contributed by atoms with Gasteiger partial charge in [-0.15, -0.1) is 0 Å². The maximum Gasteiger partial charge on any atom is 0.364 e. The molecule has 7 aliphatic rings. The summed E-state index contributed by atoms with van der Waals surface area (Å²) in [5.74, 6) is -8.66. The zero-order valence-electron chi connectivity index (χ0n) is 81.8. The zero-order valence-corrected chi connectivity index (χ0v) is 81.8. The molecule has 810 valence electrons. The first-order valence-electron chi connectivity index (χ1n) is 51.0. The standard InChI is InChI=1S/C95H170N4O40/c1-7-9-11-13-15-17-19-21-22-23-24-25-26-27-28-29-30-32-34-36-38-40-42-44-66(111)99-57(58(108)43-41-39-37-35-33-31-20-18-16-14-12-10-8-2)51-126-90-79(121)77(119)82(63(49-103)132-90)134-92-80(122)86(74(116)65(133-92)52-127-88-68(97-55(5)106)75(117)72(114)61(47-101)129-88)137-89-69(98-56(6)107)85(83(64(50-104)131-89)135-91-78(120)76(118)70(112)53(3)128-91)136-93-81(123)87(73(115)62(48-102)130-93)139-95(94(124)125)45-59(109)67(96-54(4)105)84(138-95)71(113)60(110)46-100/h41,43,53,57-65,67-93,100-104,108-110,112-123H,7-40,42,44-52H2,1-6H3,(H,96,105)(H,97,106)(H,98,107)(H,99,111)(H,124,125)/b43-41+/t53?,57-,58+,59?,60+,61?,62?,63?,64?,65?,67+,68?,69?,70+,71+,72+,73-,74-,75+,76?,77+,78-,79?,80?,81?,82+,83+,84?,85+,86-,87-,88+,89-,90+,91+,92-,93-,95-/m0/s1. The molecule has 0 saturated carbocycles. The van der Waals surface area contributed by atoms with Crippen molar-refractivity contribution in [2.75, 3.05) is 46.2 Å². The maximum atomic E-state index is 13.9. The summed E-state index contributed by atoms with van der Waals surface area (Å²) >= 11 is 0. The predicted octanol–water partition coefficient (Wildman–Crippen LogP) is -1.10. The van der Waals surface area contributed by atoms with E-state index in [2.05, 4.69) is 35.1 Å². The SMILES string of the molecule is CCCCCCCCCCCCC/C=C/[C@@H](O)[C@H](CO[C@@H]1OC(CO)[C@@H](O[C@@H]2OC(CO[C@@H]3OC(CO)[C@@H](O)[C@H](O)C3NC(C)=O)[C@H](O)[C@H](O[C@@H]3OC(CO)[C@@H](O[C@H]4OC(C)[C@@H](O)C(O)[C@@H]4O)[C@H](O[C@@H]4OC(CO)[C@H](O)[C@H](O[C@]5(C(=O)O)CC(O)[C@@H](NC(C)=O)C([C@H](O)[C@H](O)CO)O5)C4O)C3NC(C)=O)C2O)[C@H](O)C1O)NC(=O)CCCCCCCCCCCCCCCCCCCCCCCCC. The Hall–Kier alpha value is -4.27. The molecule has 25 N–H and O–H groups in total. The molecule has 0 aromatic rings. The van der Waals surface area contributed by atoms with Gasteiger partial charge in [0, 0.05) is 33.6 Å². The number of ether oxygens (including phenoxy) is 14. The van der Waals surface area contributed by atoms with Gasteiger partial charge in [0.2, 0.25) is 23.6 Å². The van der Waals surface area contributed by atoms with E-state index < -0.39 is 315 Å². The lowest BCUT2D eigenvalue weighted by molar-refractivity contribution is -0.400. The monoisotopic (exact) mass is 2010 g/mol. The van der Waals surface area contributed by atoms with Crippen LogP contribution in [0.4, 0.5) is 0 Å². The molecule has 0 spiro atoms. The molecule has 0 aromatic heterocycles. The molecule has 44 nitrogen and oxygen atoms in total. The van der Waals surface area contributed by atoms with E-state index in [9.17, 15) is 131 Å². The third-order valence-corrected chi connectivity index (χ3v) is 27.2. The van der Waals surface area contributed by atoms with Gasteiger partial charge in [0.1, 0.15) is 159 Å². The van der Waals surface area contributed by atoms with Crippen molar-refractivity contribution in [3.63, 3.8) is 0 Å². The van der Waals surface area contributed by atoms with Crippen LogP contribution in [0.5, 0.6) is 0 Å². The summed E-state index contributed by atoms with van der Waals surface area (Å²) in [6, 6.07) is -6.76. The Balaban J connectivity index is 1.13. The number of carbonyl (C=O) groups excluding carboxylic acids is 4. The van der Waals surface area contributed by atoms with E-state index in [4.69, 9.17) is 66.3 Å². The Morgan fingerprint density at radius 3 is 1.31 bits per heavy atom. The maximum absolute atomic E-state index is 13.9. The summed E-state index contributed by atoms with van der Waals surface area (Å²) in [6.07, 6.45) is -26.4. The number of aliphatic hydroxyl groups is 20. The van der Waals surface area contributed by atoms with Gasteiger partial charge in [-0.1, -0.05) is 231 Å². The Morgan fingerprint density at radius 2 is 0.806 bits per heavy atom. The molecule has 0 aromatic carbocycles. The van der Waals surface area contributed by atoms with Gasteiger partial charge >= 0.3 is 5.97 Å². The first-order chi connectivity index (χ1) is 66.5. The predicted molar refractivity (Wildman–Crippen MR) is 491 cm³/mol. The summed E-state index contributed by atoms with van der Waals surface area (Å²) in [6.45, 7) is 1.27. The molecule has 44 heteroatoms. The number of aliphatic hydroxyl groups excluding tert-OH is 20. The summed E-state index contributed by atoms with van der Waals surface area (Å²) in [7, 11) is 0. The van der Waals surface area contributed by atoms with Crippen molar-refractivity contribution in [1.82, 2.24) is 21.3 Å². The number of hydrogen-bond acceptors (Lipinski definition) is 39. The lowest BCUT2D eigenvalue weighted by Gasteiger charge is -2.52. The molecular formula is C95H170N4O40. The normalized spacial score (nSPS) is 36.0. The van der Waals surface area contributed by atoms with E-state index in [1.807, 2.05) is 0 Å². The van der Waals surface area contributed by atoms with Gasteiger partial charge in [0.25, 0.3) is 5.79 Å². The van der Waals surface area contributed by atoms with Gasteiger partial charge in [-0.2, -0.15) is 0 Å². The Morgan fingerprint density at radius 1 is 0.396 bits per heavy atom. The molecular weight excluding hydrogens is 1840 g/mol. The fourth-order valence-corrected chi connectivity index (χ4v) is 18.9. The second-order valence-electron chi connectivity index (χ2n) is 38.5. The molecule has 7 saturated heterocycles. The van der Waals surface area contributed by atoms with Crippen molar-refractivity contribution in [2.45, 2.75) is 512 Å². The number of carbonyl (C=O) groups is 5. The van der Waals surface area contributed by atoms with E-state index in [0.717, 1.165) is 85.0 Å². The highest BCUT2D eigenvalue weighted by atomic mass is 16.8. The number of rotatable bonds is 66. The minimum Gasteiger partial charge on any atom is -0.477 e. The molecule has 38 atom stereocenters. The lowest BCUT2D eigenvalue weighted by Crippen LogP contribution is -2.72. The van der Waals surface area contributed by atoms with Crippen LogP contribution in [-0.2, 0) is 90.3 Å². The average molecular weight is 2010 g/mol. The van der Waals surface area contributed by atoms with E-state index in [1.54, 1.807) is 6.08 Å². The van der Waals surface area contributed by atoms with Crippen LogP contribution < -0.4 is 21.3 Å². The molecule has 139 heavy (non-hydrogen) atoms. The number of nitrogens with one attached hydrogen (secondary N) is 4. The van der Waals surface area contributed by atoms with Crippen LogP contribution in [0.3, 0.4) is 0 Å². The first kappa shape index (κ1) is 122. The minimum absolute atomic E-state index is 0.106. The molecule has 7 fully saturated rings. The van der Waals surface area contributed by atoms with Crippen LogP contribution in [0.25, 0.3) is 0 Å². The molecule has 7 heterocycles. The smallest absolute Gasteiger partial charge is 0.364 e. The van der Waals surface area contributed by atoms with Gasteiger partial charge in [-0.3, -0.25) is 19.2 Å². The third-order valence-electron chi connectivity index (χ3n) is 27.2. The van der Waals surface area contributed by atoms with Crippen molar-refractivity contribution in [1.29, 1.82) is 0 Å². The Bertz CT molecular complexity index is 3430. The van der Waals surface area contributed by atoms with Gasteiger partial charge in [-0.25, -0.2) is 4.79 Å². The van der Waals surface area contributed by atoms with E-state index >= 15 is 0 Å². The summed E-state index contributed by atoms with van der Waals surface area (Å²) < 4.78 is 85.6. The number of carboxylic acid groups (broad SMARTS) is 1. The van der Waals surface area contributed by atoms with Crippen LogP contribution >= 0.6 is 0 Å². The van der Waals surface area contributed by atoms with Gasteiger partial charge in [0.15, 0.2) is 37.7 Å². The van der Waals surface area contributed by atoms with Crippen molar-refractivity contribution in [3.8, 4) is 0 Å². The van der Waals surface area contributed by atoms with Gasteiger partial charge in [0.05, 0.1) is 76.6 Å². The van der Waals surface area contributed by atoms with Crippen LogP contribution in [0, 0.1) is 0 Å². The highest BCUT2D eigenvalue weighted by Gasteiger charge is 2.63. The van der Waals surface area contributed by atoms with Gasteiger partial charge < -0.3 is 195 Å². The number of allylic oxidation sites excluding steroid dienone is 1. The topological polar surface area (TPSA) is 688 Å². The fraction of sp³-hybridized carbons (Fsp3) is 0.926. The molecule has 0 radical (unpaired) electrons. The first-order valence-corrected chi connectivity index (χ1v) is 51.0. The minimum atomic E-state index is -3.36. The van der Waals surface area contributed by atoms with E-state index in [-0.39, 0.29) is 6.42 Å². The highest BCUT2D eigenvalue weighted by Crippen LogP contribution is 2.42. The molecule has 7 rings (SSSR count). The van der Waals surface area contributed by atoms with Crippen LogP contribution in [0.1, 0.15) is 279 Å². The molecule has 0 bridgehead atoms. The third kappa shape index (κ3) is 37.5. The largest absolute Gasteiger partial charge is 0.477 e. The van der Waals surface area contributed by atoms with Gasteiger partial charge in [-0.05, 0) is 26.2 Å². The molecule has 4 amide bonds. The van der Waals surface area contributed by atoms with E-state index in [1.165, 1.54) is 161 Å². The average Bonchev–Trinajstić information content (AvgIpc) is 0.769. The zero-order chi connectivity index (χ0) is 102. The lowest BCUT2D eigenvalue weighted by atomic mass is 9.88. The summed E-state index contributed by atoms with van der Waals surface area (Å²) in [4.78, 5) is 66.4. The number of carboxylic acids is 1. The van der Waals surface area contributed by atoms with Crippen LogP contribution in [0.15, 0.2) is 12.2 Å². The molecule has 0 aliphatic carbocycles. The summed E-state index contributed by atoms with van der Waals surface area (Å²) in [5.41, 5.74) is 0. The second kappa shape index (κ2) is 64.1. The Kier molecular flexibility index (Phi) is 56.1. The van der Waals surface area contributed by atoms with Crippen LogP contribution in [-0.4, -0.2) is 416 Å². The quantitative estimate of drug-likeness (QED) is 0.0254.